The minimum Gasteiger partial charge on any atom is -0.304 e. The monoisotopic (exact) mass is 200 g/mol. The molecular weight excluding hydrogens is 188 g/mol. The first kappa shape index (κ1) is 10.2. The molecule has 13 heavy (non-hydrogen) atoms. The molecule has 72 valence electrons. The van der Waals surface area contributed by atoms with Crippen LogP contribution < -0.4 is 10.9 Å². The number of rotatable bonds is 3. The van der Waals surface area contributed by atoms with E-state index in [1.807, 2.05) is 18.2 Å². The molecule has 0 saturated carbocycles. The summed E-state index contributed by atoms with van der Waals surface area (Å²) >= 11 is -1.94. The largest absolute Gasteiger partial charge is 0.304 e. The molecule has 0 heterocycles. The Morgan fingerprint density at radius 2 is 2.00 bits per heavy atom. The highest BCUT2D eigenvalue weighted by molar-refractivity contribution is 7.80. The van der Waals surface area contributed by atoms with Gasteiger partial charge in [0.25, 0.3) is 0 Å². The molecule has 2 atom stereocenters. The number of hydrogen-bond donors (Lipinski definition) is 2. The first-order chi connectivity index (χ1) is 6.13. The number of hydrogen-bond acceptors (Lipinski definition) is 3. The number of nitrogens with zero attached hydrogens (tertiary/aromatic N) is 1. The Labute approximate surface area is 79.6 Å². The smallest absolute Gasteiger partial charge is 0.177 e. The molecule has 0 spiro atoms. The molecule has 5 heteroatoms. The molecule has 3 N–H and O–H groups in total. The van der Waals surface area contributed by atoms with Crippen molar-refractivity contribution in [1.29, 1.82) is 0 Å². The minimum absolute atomic E-state index is 0.609. The van der Waals surface area contributed by atoms with Gasteiger partial charge in [-0.2, -0.15) is 0 Å². The Balaban J connectivity index is 2.79. The van der Waals surface area contributed by atoms with Crippen LogP contribution in [0.3, 0.4) is 0 Å². The quantitative estimate of drug-likeness (QED) is 0.433. The van der Waals surface area contributed by atoms with Crippen molar-refractivity contribution in [3.63, 3.8) is 0 Å². The Morgan fingerprint density at radius 1 is 1.46 bits per heavy atom. The van der Waals surface area contributed by atoms with Crippen LogP contribution in [0.5, 0.6) is 0 Å². The standard InChI is InChI=1S/C8H12N2O2S/c1-7(13(11)12)10(9)8-5-3-2-4-6-8/h2-7H,9H2,1H3,(H,11,12). The number of anilines is 1. The lowest BCUT2D eigenvalue weighted by Crippen LogP contribution is -2.41. The van der Waals surface area contributed by atoms with E-state index in [2.05, 4.69) is 0 Å². The summed E-state index contributed by atoms with van der Waals surface area (Å²) in [4.78, 5) is 0. The van der Waals surface area contributed by atoms with E-state index in [1.165, 1.54) is 5.01 Å². The third-order valence-corrected chi connectivity index (χ3v) is 2.55. The fourth-order valence-corrected chi connectivity index (χ4v) is 1.22. The van der Waals surface area contributed by atoms with Crippen molar-refractivity contribution in [1.82, 2.24) is 0 Å². The Hall–Kier alpha value is -0.910. The minimum atomic E-state index is -1.94. The average Bonchev–Trinajstić information content (AvgIpc) is 2.17. The van der Waals surface area contributed by atoms with Crippen molar-refractivity contribution in [2.24, 2.45) is 5.84 Å². The van der Waals surface area contributed by atoms with Crippen LogP contribution in [0.25, 0.3) is 0 Å². The molecule has 1 aromatic rings. The molecule has 0 aromatic heterocycles. The zero-order valence-corrected chi connectivity index (χ0v) is 8.07. The fraction of sp³-hybridized carbons (Fsp3) is 0.250. The summed E-state index contributed by atoms with van der Waals surface area (Å²) in [5.74, 6) is 5.62. The number of nitrogens with two attached hydrogens (primary N) is 1. The van der Waals surface area contributed by atoms with E-state index < -0.39 is 16.5 Å². The third-order valence-electron chi connectivity index (χ3n) is 1.74. The zero-order valence-electron chi connectivity index (χ0n) is 7.25. The van der Waals surface area contributed by atoms with Gasteiger partial charge in [0.15, 0.2) is 11.1 Å². The highest BCUT2D eigenvalue weighted by Gasteiger charge is 2.15. The van der Waals surface area contributed by atoms with E-state index in [1.54, 1.807) is 19.1 Å². The number of para-hydroxylation sites is 1. The molecule has 0 aliphatic heterocycles. The molecule has 0 aliphatic carbocycles. The van der Waals surface area contributed by atoms with Crippen LogP contribution in [0.2, 0.25) is 0 Å². The number of hydrazine groups is 1. The van der Waals surface area contributed by atoms with E-state index in [0.29, 0.717) is 0 Å². The van der Waals surface area contributed by atoms with Gasteiger partial charge in [0, 0.05) is 0 Å². The van der Waals surface area contributed by atoms with Gasteiger partial charge in [0.2, 0.25) is 0 Å². The highest BCUT2D eigenvalue weighted by Crippen LogP contribution is 2.12. The van der Waals surface area contributed by atoms with Crippen molar-refractivity contribution >= 4 is 16.8 Å². The van der Waals surface area contributed by atoms with E-state index in [0.717, 1.165) is 5.69 Å². The summed E-state index contributed by atoms with van der Waals surface area (Å²) in [5, 5.41) is 0.665. The van der Waals surface area contributed by atoms with Gasteiger partial charge >= 0.3 is 0 Å². The van der Waals surface area contributed by atoms with Crippen LogP contribution in [0.15, 0.2) is 30.3 Å². The second-order valence-electron chi connectivity index (χ2n) is 2.62. The van der Waals surface area contributed by atoms with E-state index in [9.17, 15) is 4.21 Å². The molecule has 2 unspecified atom stereocenters. The lowest BCUT2D eigenvalue weighted by atomic mass is 10.3. The molecule has 1 aromatic carbocycles. The van der Waals surface area contributed by atoms with Gasteiger partial charge < -0.3 is 4.55 Å². The van der Waals surface area contributed by atoms with E-state index in [4.69, 9.17) is 10.4 Å². The molecule has 0 amide bonds. The third kappa shape index (κ3) is 2.51. The van der Waals surface area contributed by atoms with Crippen LogP contribution in [-0.4, -0.2) is 14.1 Å². The van der Waals surface area contributed by atoms with Crippen molar-refractivity contribution in [2.45, 2.75) is 12.3 Å². The van der Waals surface area contributed by atoms with Gasteiger partial charge in [0.1, 0.15) is 5.37 Å². The summed E-state index contributed by atoms with van der Waals surface area (Å²) in [5.41, 5.74) is 0.720. The van der Waals surface area contributed by atoms with Crippen LogP contribution in [0, 0.1) is 0 Å². The SMILES string of the molecule is CC(N(N)c1ccccc1)S(=O)O. The molecule has 0 fully saturated rings. The van der Waals surface area contributed by atoms with Crippen LogP contribution >= 0.6 is 0 Å². The average molecular weight is 200 g/mol. The maximum Gasteiger partial charge on any atom is 0.177 e. The van der Waals surface area contributed by atoms with Crippen molar-refractivity contribution in [2.75, 3.05) is 5.01 Å². The first-order valence-electron chi connectivity index (χ1n) is 3.81. The van der Waals surface area contributed by atoms with E-state index >= 15 is 0 Å². The Bertz CT molecular complexity index is 291. The summed E-state index contributed by atoms with van der Waals surface area (Å²) in [6.45, 7) is 1.59. The predicted molar refractivity (Wildman–Crippen MR) is 53.3 cm³/mol. The van der Waals surface area contributed by atoms with Gasteiger partial charge in [-0.3, -0.25) is 5.01 Å². The van der Waals surface area contributed by atoms with Crippen LogP contribution in [0.1, 0.15) is 6.92 Å². The van der Waals surface area contributed by atoms with Gasteiger partial charge in [-0.25, -0.2) is 10.1 Å². The molecule has 0 aliphatic rings. The maximum atomic E-state index is 10.7. The fourth-order valence-electron chi connectivity index (χ4n) is 0.907. The zero-order chi connectivity index (χ0) is 9.84. The lowest BCUT2D eigenvalue weighted by Gasteiger charge is -2.22. The summed E-state index contributed by atoms with van der Waals surface area (Å²) in [6, 6.07) is 9.06. The second kappa shape index (κ2) is 4.36. The molecule has 0 radical (unpaired) electrons. The number of benzene rings is 1. The molecule has 0 bridgehead atoms. The predicted octanol–water partition coefficient (Wildman–Crippen LogP) is 0.934. The lowest BCUT2D eigenvalue weighted by molar-refractivity contribution is 0.547. The molecule has 0 saturated heterocycles. The van der Waals surface area contributed by atoms with Crippen molar-refractivity contribution < 1.29 is 8.76 Å². The first-order valence-corrected chi connectivity index (χ1v) is 4.98. The van der Waals surface area contributed by atoms with Crippen molar-refractivity contribution in [3.8, 4) is 0 Å². The van der Waals surface area contributed by atoms with Crippen LogP contribution in [-0.2, 0) is 11.1 Å². The topological polar surface area (TPSA) is 66.6 Å². The van der Waals surface area contributed by atoms with Gasteiger partial charge in [0.05, 0.1) is 5.69 Å². The van der Waals surface area contributed by atoms with Gasteiger partial charge in [-0.15, -0.1) is 0 Å². The molecule has 1 rings (SSSR count). The maximum absolute atomic E-state index is 10.7. The summed E-state index contributed by atoms with van der Waals surface area (Å²) < 4.78 is 19.5. The van der Waals surface area contributed by atoms with Crippen molar-refractivity contribution in [3.05, 3.63) is 30.3 Å². The second-order valence-corrected chi connectivity index (χ2v) is 3.85. The van der Waals surface area contributed by atoms with E-state index in [-0.39, 0.29) is 0 Å². The molecular formula is C8H12N2O2S. The summed E-state index contributed by atoms with van der Waals surface area (Å²) in [6.07, 6.45) is 0. The highest BCUT2D eigenvalue weighted by atomic mass is 32.2. The van der Waals surface area contributed by atoms with Gasteiger partial charge in [-0.05, 0) is 19.1 Å². The van der Waals surface area contributed by atoms with Gasteiger partial charge in [-0.1, -0.05) is 18.2 Å². The van der Waals surface area contributed by atoms with Crippen LogP contribution in [0.4, 0.5) is 5.69 Å². The Morgan fingerprint density at radius 3 is 2.46 bits per heavy atom. The normalized spacial score (nSPS) is 15.0. The summed E-state index contributed by atoms with van der Waals surface area (Å²) in [7, 11) is 0. The Kier molecular flexibility index (Phi) is 3.41. The molecule has 4 nitrogen and oxygen atoms in total.